The minimum Gasteiger partial charge on any atom is -0.497 e. The normalized spacial score (nSPS) is 19.0. The highest BCUT2D eigenvalue weighted by Crippen LogP contribution is 2.32. The number of nitrogens with one attached hydrogen (secondary N) is 3. The zero-order valence-electron chi connectivity index (χ0n) is 20.5. The largest absolute Gasteiger partial charge is 0.497 e. The molecule has 1 aromatic carbocycles. The third kappa shape index (κ3) is 5.72. The van der Waals surface area contributed by atoms with Crippen molar-refractivity contribution in [2.24, 2.45) is 10.9 Å². The third-order valence-electron chi connectivity index (χ3n) is 6.01. The summed E-state index contributed by atoms with van der Waals surface area (Å²) in [7, 11) is 3.37. The first-order valence-corrected chi connectivity index (χ1v) is 11.9. The Morgan fingerprint density at radius 3 is 2.59 bits per heavy atom. The molecule has 1 unspecified atom stereocenters. The molecule has 0 saturated heterocycles. The smallest absolute Gasteiger partial charge is 0.124 e. The van der Waals surface area contributed by atoms with Crippen LogP contribution >= 0.6 is 0 Å². The molecule has 1 aromatic rings. The van der Waals surface area contributed by atoms with Gasteiger partial charge in [0.15, 0.2) is 0 Å². The van der Waals surface area contributed by atoms with Gasteiger partial charge in [0.1, 0.15) is 11.5 Å². The van der Waals surface area contributed by atoms with Crippen molar-refractivity contribution in [1.29, 1.82) is 0 Å². The van der Waals surface area contributed by atoms with Crippen LogP contribution in [0.15, 0.2) is 82.7 Å². The lowest BCUT2D eigenvalue weighted by Crippen LogP contribution is -2.35. The first kappa shape index (κ1) is 23.7. The van der Waals surface area contributed by atoms with E-state index >= 15 is 0 Å². The lowest BCUT2D eigenvalue weighted by Gasteiger charge is -2.30. The zero-order chi connectivity index (χ0) is 23.9. The maximum absolute atomic E-state index is 5.56. The van der Waals surface area contributed by atoms with Crippen LogP contribution in [0.2, 0.25) is 0 Å². The van der Waals surface area contributed by atoms with Crippen molar-refractivity contribution >= 4 is 11.9 Å². The Balaban J connectivity index is 1.65. The number of aliphatic imine (C=N–C) groups is 1. The number of rotatable bonds is 9. The van der Waals surface area contributed by atoms with Crippen LogP contribution in [0.4, 0.5) is 5.69 Å². The Bertz CT molecular complexity index is 1040. The van der Waals surface area contributed by atoms with E-state index in [2.05, 4.69) is 82.3 Å². The number of hydrogen-bond acceptors (Lipinski definition) is 7. The zero-order valence-corrected chi connectivity index (χ0v) is 20.5. The van der Waals surface area contributed by atoms with Crippen LogP contribution in [0.25, 0.3) is 0 Å². The van der Waals surface area contributed by atoms with Gasteiger partial charge in [-0.25, -0.2) is 0 Å². The Morgan fingerprint density at radius 1 is 1.12 bits per heavy atom. The summed E-state index contributed by atoms with van der Waals surface area (Å²) in [6.45, 7) is 5.98. The van der Waals surface area contributed by atoms with Gasteiger partial charge in [-0.1, -0.05) is 32.1 Å². The Labute approximate surface area is 202 Å². The van der Waals surface area contributed by atoms with Crippen LogP contribution in [0, 0.1) is 5.92 Å². The Hall–Kier alpha value is -3.45. The highest BCUT2D eigenvalue weighted by Gasteiger charge is 2.22. The van der Waals surface area contributed by atoms with E-state index in [9.17, 15) is 0 Å². The van der Waals surface area contributed by atoms with E-state index in [0.29, 0.717) is 6.04 Å². The molecular formula is C27H35N5O2. The number of fused-ring (bicyclic) bond motifs is 1. The standard InChI is InChI=1S/C27H35N5O2/c1-19(2)29-12-13-32(22-14-23(33-3)17-24(15-22)34-4)21-6-5-7-25-26(16-21)31-27(18-30-25)20-8-10-28-11-9-20/h6-8,10-11,14-20,29-31H,5,9,12-13H2,1-4H3. The molecule has 2 aliphatic heterocycles. The highest BCUT2D eigenvalue weighted by molar-refractivity contribution is 5.63. The van der Waals surface area contributed by atoms with Crippen LogP contribution in [0.5, 0.6) is 11.5 Å². The first-order valence-electron chi connectivity index (χ1n) is 11.9. The predicted octanol–water partition coefficient (Wildman–Crippen LogP) is 4.20. The van der Waals surface area contributed by atoms with E-state index in [4.69, 9.17) is 9.47 Å². The van der Waals surface area contributed by atoms with Crippen LogP contribution in [0.1, 0.15) is 26.7 Å². The van der Waals surface area contributed by atoms with Gasteiger partial charge in [-0.3, -0.25) is 4.99 Å². The van der Waals surface area contributed by atoms with Crippen molar-refractivity contribution in [2.75, 3.05) is 32.2 Å². The molecular weight excluding hydrogens is 426 g/mol. The molecule has 4 rings (SSSR count). The Morgan fingerprint density at radius 2 is 1.91 bits per heavy atom. The summed E-state index contributed by atoms with van der Waals surface area (Å²) in [6, 6.07) is 6.43. The van der Waals surface area contributed by atoms with Gasteiger partial charge < -0.3 is 30.3 Å². The fraction of sp³-hybridized carbons (Fsp3) is 0.370. The molecule has 7 nitrogen and oxygen atoms in total. The number of benzene rings is 1. The van der Waals surface area contributed by atoms with Gasteiger partial charge in [0.25, 0.3) is 0 Å². The van der Waals surface area contributed by atoms with E-state index in [1.54, 1.807) is 14.2 Å². The summed E-state index contributed by atoms with van der Waals surface area (Å²) in [5.74, 6) is 1.83. The minimum atomic E-state index is 0.289. The summed E-state index contributed by atoms with van der Waals surface area (Å²) in [5, 5.41) is 10.7. The van der Waals surface area contributed by atoms with Gasteiger partial charge in [0.05, 0.1) is 25.6 Å². The van der Waals surface area contributed by atoms with Gasteiger partial charge in [-0.15, -0.1) is 0 Å². The molecule has 0 spiro atoms. The third-order valence-corrected chi connectivity index (χ3v) is 6.01. The van der Waals surface area contributed by atoms with Crippen LogP contribution in [-0.2, 0) is 0 Å². The first-order chi connectivity index (χ1) is 16.6. The van der Waals surface area contributed by atoms with Gasteiger partial charge in [-0.2, -0.15) is 0 Å². The fourth-order valence-electron chi connectivity index (χ4n) is 4.19. The SMILES string of the molecule is COc1cc(OC)cc(N(CCNC(C)C)C2=CCC=C3NC=C(C4C=CN=CC4)NC3=C2)c1. The van der Waals surface area contributed by atoms with E-state index in [1.165, 1.54) is 0 Å². The second-order valence-corrected chi connectivity index (χ2v) is 8.76. The molecule has 7 heteroatoms. The number of allylic oxidation sites excluding steroid dienone is 4. The molecule has 2 heterocycles. The van der Waals surface area contributed by atoms with Gasteiger partial charge in [-0.05, 0) is 18.9 Å². The molecule has 1 aliphatic carbocycles. The molecule has 0 aromatic heterocycles. The number of hydrogen-bond donors (Lipinski definition) is 3. The maximum atomic E-state index is 5.56. The lowest BCUT2D eigenvalue weighted by atomic mass is 9.99. The number of ether oxygens (including phenoxy) is 2. The average Bonchev–Trinajstić information content (AvgIpc) is 3.08. The molecule has 34 heavy (non-hydrogen) atoms. The molecule has 3 aliphatic rings. The summed E-state index contributed by atoms with van der Waals surface area (Å²) < 4.78 is 11.1. The Kier molecular flexibility index (Phi) is 7.75. The maximum Gasteiger partial charge on any atom is 0.124 e. The van der Waals surface area contributed by atoms with Crippen LogP contribution in [-0.4, -0.2) is 39.6 Å². The average molecular weight is 462 g/mol. The molecule has 0 bridgehead atoms. The lowest BCUT2D eigenvalue weighted by molar-refractivity contribution is 0.394. The van der Waals surface area contributed by atoms with Gasteiger partial charge in [0.2, 0.25) is 0 Å². The molecule has 0 amide bonds. The van der Waals surface area contributed by atoms with Crippen molar-refractivity contribution in [3.05, 3.63) is 77.7 Å². The van der Waals surface area contributed by atoms with Crippen molar-refractivity contribution in [3.8, 4) is 11.5 Å². The van der Waals surface area contributed by atoms with E-state index in [-0.39, 0.29) is 5.92 Å². The van der Waals surface area contributed by atoms with Crippen molar-refractivity contribution in [1.82, 2.24) is 16.0 Å². The van der Waals surface area contributed by atoms with E-state index < -0.39 is 0 Å². The van der Waals surface area contributed by atoms with Crippen LogP contribution < -0.4 is 30.3 Å². The predicted molar refractivity (Wildman–Crippen MR) is 139 cm³/mol. The molecule has 0 fully saturated rings. The second kappa shape index (κ2) is 11.1. The van der Waals surface area contributed by atoms with E-state index in [1.807, 2.05) is 18.5 Å². The molecule has 3 N–H and O–H groups in total. The van der Waals surface area contributed by atoms with Crippen molar-refractivity contribution in [2.45, 2.75) is 32.7 Å². The summed E-state index contributed by atoms with van der Waals surface area (Å²) in [6.07, 6.45) is 16.5. The van der Waals surface area contributed by atoms with Crippen molar-refractivity contribution < 1.29 is 9.47 Å². The van der Waals surface area contributed by atoms with E-state index in [0.717, 1.165) is 65.9 Å². The second-order valence-electron chi connectivity index (χ2n) is 8.76. The number of nitrogens with zero attached hydrogens (tertiary/aromatic N) is 2. The highest BCUT2D eigenvalue weighted by atomic mass is 16.5. The van der Waals surface area contributed by atoms with Gasteiger partial charge >= 0.3 is 0 Å². The molecule has 180 valence electrons. The van der Waals surface area contributed by atoms with Crippen LogP contribution in [0.3, 0.4) is 0 Å². The van der Waals surface area contributed by atoms with Crippen molar-refractivity contribution in [3.63, 3.8) is 0 Å². The van der Waals surface area contributed by atoms with Gasteiger partial charge in [0, 0.05) is 78.9 Å². The monoisotopic (exact) mass is 461 g/mol. The number of methoxy groups -OCH3 is 2. The summed E-state index contributed by atoms with van der Waals surface area (Å²) in [4.78, 5) is 6.52. The minimum absolute atomic E-state index is 0.289. The molecule has 1 atom stereocenters. The summed E-state index contributed by atoms with van der Waals surface area (Å²) in [5.41, 5.74) is 5.45. The fourth-order valence-corrected chi connectivity index (χ4v) is 4.19. The summed E-state index contributed by atoms with van der Waals surface area (Å²) >= 11 is 0. The molecule has 0 radical (unpaired) electrons. The number of anilines is 1. The molecule has 0 saturated carbocycles. The quantitative estimate of drug-likeness (QED) is 0.512. The topological polar surface area (TPSA) is 70.2 Å².